The van der Waals surface area contributed by atoms with E-state index >= 15 is 0 Å². The molecule has 5 N–H and O–H groups in total. The largest absolute Gasteiger partial charge is 0.393 e. The van der Waals surface area contributed by atoms with Gasteiger partial charge in [-0.05, 0) is 32.2 Å². The van der Waals surface area contributed by atoms with E-state index < -0.39 is 17.8 Å². The molecule has 15 heavy (non-hydrogen) atoms. The molecule has 0 saturated heterocycles. The van der Waals surface area contributed by atoms with Crippen molar-refractivity contribution in [2.45, 2.75) is 43.5 Å². The number of rotatable bonds is 9. The van der Waals surface area contributed by atoms with Crippen LogP contribution in [0.1, 0.15) is 25.7 Å². The lowest BCUT2D eigenvalue weighted by atomic mass is 10.1. The Morgan fingerprint density at radius 1 is 1.13 bits per heavy atom. The van der Waals surface area contributed by atoms with Crippen molar-refractivity contribution in [3.63, 3.8) is 0 Å². The zero-order chi connectivity index (χ0) is 11.7. The predicted molar refractivity (Wildman–Crippen MR) is 64.1 cm³/mol. The molecule has 0 heterocycles. The van der Waals surface area contributed by atoms with E-state index in [0.29, 0.717) is 32.2 Å². The fourth-order valence-electron chi connectivity index (χ4n) is 1.21. The van der Waals surface area contributed by atoms with Crippen LogP contribution in [0.3, 0.4) is 0 Å². The van der Waals surface area contributed by atoms with Gasteiger partial charge in [0.15, 0.2) is 0 Å². The van der Waals surface area contributed by atoms with E-state index in [1.165, 1.54) is 0 Å². The van der Waals surface area contributed by atoms with Crippen molar-refractivity contribution in [3.8, 4) is 0 Å². The molecule has 4 unspecified atom stereocenters. The van der Waals surface area contributed by atoms with E-state index in [9.17, 15) is 15.3 Å². The highest BCUT2D eigenvalue weighted by molar-refractivity contribution is 7.39. The summed E-state index contributed by atoms with van der Waals surface area (Å²) in [6.07, 6.45) is 3.33. The Morgan fingerprint density at radius 2 is 1.73 bits per heavy atom. The van der Waals surface area contributed by atoms with Crippen LogP contribution >= 0.6 is 8.58 Å². The summed E-state index contributed by atoms with van der Waals surface area (Å²) in [6.45, 7) is 3.96. The van der Waals surface area contributed by atoms with Crippen LogP contribution < -0.4 is 5.73 Å². The minimum absolute atomic E-state index is 0.0824. The van der Waals surface area contributed by atoms with Crippen LogP contribution in [0.4, 0.5) is 0 Å². The fraction of sp³-hybridized carbons (Fsp3) is 0.800. The van der Waals surface area contributed by atoms with Crippen molar-refractivity contribution >= 4 is 8.58 Å². The van der Waals surface area contributed by atoms with Crippen molar-refractivity contribution in [2.24, 2.45) is 5.73 Å². The molecule has 0 aliphatic carbocycles. The fourth-order valence-corrected chi connectivity index (χ4v) is 2.32. The Balaban J connectivity index is 3.55. The van der Waals surface area contributed by atoms with Crippen molar-refractivity contribution in [3.05, 3.63) is 12.7 Å². The quantitative estimate of drug-likeness (QED) is 0.343. The van der Waals surface area contributed by atoms with Gasteiger partial charge in [0.05, 0.1) is 17.8 Å². The first-order valence-corrected chi connectivity index (χ1v) is 6.36. The summed E-state index contributed by atoms with van der Waals surface area (Å²) in [5, 5.41) is 28.3. The average molecular weight is 235 g/mol. The van der Waals surface area contributed by atoms with Crippen molar-refractivity contribution < 1.29 is 15.3 Å². The van der Waals surface area contributed by atoms with Crippen LogP contribution in [-0.4, -0.2) is 39.7 Å². The second kappa shape index (κ2) is 9.25. The molecule has 0 saturated carbocycles. The maximum Gasteiger partial charge on any atom is 0.0739 e. The Kier molecular flexibility index (Phi) is 9.26. The van der Waals surface area contributed by atoms with Crippen LogP contribution in [0, 0.1) is 0 Å². The third-order valence-electron chi connectivity index (χ3n) is 2.04. The zero-order valence-electron chi connectivity index (χ0n) is 8.97. The lowest BCUT2D eigenvalue weighted by Gasteiger charge is -2.16. The predicted octanol–water partition coefficient (Wildman–Crippen LogP) is 0.368. The highest BCUT2D eigenvalue weighted by Crippen LogP contribution is 2.27. The molecule has 0 radical (unpaired) electrons. The van der Waals surface area contributed by atoms with E-state index in [0.717, 1.165) is 0 Å². The topological polar surface area (TPSA) is 86.7 Å². The van der Waals surface area contributed by atoms with Gasteiger partial charge in [0.2, 0.25) is 0 Å². The molecule has 0 aliphatic rings. The van der Waals surface area contributed by atoms with Crippen molar-refractivity contribution in [1.29, 1.82) is 0 Å². The minimum atomic E-state index is -0.536. The summed E-state index contributed by atoms with van der Waals surface area (Å²) in [5.41, 5.74) is 5.28. The summed E-state index contributed by atoms with van der Waals surface area (Å²) in [6, 6.07) is 0. The smallest absolute Gasteiger partial charge is 0.0739 e. The molecule has 4 atom stereocenters. The molecule has 0 rings (SSSR count). The van der Waals surface area contributed by atoms with Gasteiger partial charge in [-0.3, -0.25) is 0 Å². The molecule has 0 spiro atoms. The van der Waals surface area contributed by atoms with Gasteiger partial charge < -0.3 is 21.1 Å². The number of hydrogen-bond acceptors (Lipinski definition) is 4. The number of aliphatic hydroxyl groups excluding tert-OH is 3. The maximum absolute atomic E-state index is 9.54. The number of hydrogen-bond donors (Lipinski definition) is 4. The van der Waals surface area contributed by atoms with Crippen LogP contribution in [-0.2, 0) is 0 Å². The molecule has 0 aliphatic heterocycles. The van der Waals surface area contributed by atoms with E-state index in [-0.39, 0.29) is 8.58 Å². The SMILES string of the molecule is C=CCC(O)CCC(O)PC(O)CCN. The first-order chi connectivity index (χ1) is 7.10. The summed E-state index contributed by atoms with van der Waals surface area (Å²) < 4.78 is 0. The highest BCUT2D eigenvalue weighted by Gasteiger charge is 2.12. The summed E-state index contributed by atoms with van der Waals surface area (Å²) in [4.78, 5) is 0. The van der Waals surface area contributed by atoms with E-state index in [1.807, 2.05) is 0 Å². The molecule has 5 heteroatoms. The van der Waals surface area contributed by atoms with Crippen LogP contribution in [0.25, 0.3) is 0 Å². The van der Waals surface area contributed by atoms with Crippen LogP contribution in [0.5, 0.6) is 0 Å². The lowest BCUT2D eigenvalue weighted by Crippen LogP contribution is -2.14. The average Bonchev–Trinajstić information content (AvgIpc) is 2.15. The standard InChI is InChI=1S/C10H22NO3P/c1-2-3-8(12)4-5-9(13)15-10(14)6-7-11/h2,8-10,12-15H,1,3-7,11H2. The molecule has 0 aromatic heterocycles. The van der Waals surface area contributed by atoms with E-state index in [4.69, 9.17) is 5.73 Å². The third-order valence-corrected chi connectivity index (χ3v) is 3.38. The summed E-state index contributed by atoms with van der Waals surface area (Å²) in [5.74, 6) is -1.05. The van der Waals surface area contributed by atoms with Gasteiger partial charge in [0.25, 0.3) is 0 Å². The Labute approximate surface area is 93.0 Å². The van der Waals surface area contributed by atoms with Crippen molar-refractivity contribution in [1.82, 2.24) is 0 Å². The highest BCUT2D eigenvalue weighted by atomic mass is 31.1. The molecule has 0 bridgehead atoms. The first kappa shape index (κ1) is 15.0. The molecular formula is C10H22NO3P. The van der Waals surface area contributed by atoms with Gasteiger partial charge >= 0.3 is 0 Å². The molecule has 0 aromatic rings. The summed E-state index contributed by atoms with van der Waals surface area (Å²) >= 11 is 0. The minimum Gasteiger partial charge on any atom is -0.393 e. The first-order valence-electron chi connectivity index (χ1n) is 5.21. The third kappa shape index (κ3) is 8.97. The summed E-state index contributed by atoms with van der Waals surface area (Å²) in [7, 11) is 0.0824. The second-order valence-electron chi connectivity index (χ2n) is 3.53. The van der Waals surface area contributed by atoms with Gasteiger partial charge in [0.1, 0.15) is 0 Å². The monoisotopic (exact) mass is 235 g/mol. The zero-order valence-corrected chi connectivity index (χ0v) is 9.97. The van der Waals surface area contributed by atoms with Crippen LogP contribution in [0.2, 0.25) is 0 Å². The van der Waals surface area contributed by atoms with Crippen LogP contribution in [0.15, 0.2) is 12.7 Å². The van der Waals surface area contributed by atoms with Crippen molar-refractivity contribution in [2.75, 3.05) is 6.54 Å². The van der Waals surface area contributed by atoms with Gasteiger partial charge in [-0.15, -0.1) is 6.58 Å². The molecule has 4 nitrogen and oxygen atoms in total. The Morgan fingerprint density at radius 3 is 2.27 bits per heavy atom. The lowest BCUT2D eigenvalue weighted by molar-refractivity contribution is 0.143. The van der Waals surface area contributed by atoms with Gasteiger partial charge in [-0.1, -0.05) is 14.7 Å². The molecular weight excluding hydrogens is 213 g/mol. The number of nitrogens with two attached hydrogens (primary N) is 1. The molecule has 0 amide bonds. The number of aliphatic hydroxyl groups is 3. The second-order valence-corrected chi connectivity index (χ2v) is 5.20. The van der Waals surface area contributed by atoms with Gasteiger partial charge in [-0.25, -0.2) is 0 Å². The molecule has 0 fully saturated rings. The normalized spacial score (nSPS) is 17.9. The van der Waals surface area contributed by atoms with E-state index in [1.54, 1.807) is 6.08 Å². The Hall–Kier alpha value is 0.0100. The van der Waals surface area contributed by atoms with Gasteiger partial charge in [0, 0.05) is 0 Å². The Bertz CT molecular complexity index is 169. The maximum atomic E-state index is 9.54. The van der Waals surface area contributed by atoms with Gasteiger partial charge in [-0.2, -0.15) is 0 Å². The molecule has 90 valence electrons. The van der Waals surface area contributed by atoms with E-state index in [2.05, 4.69) is 6.58 Å². The molecule has 0 aromatic carbocycles.